The fourth-order valence-electron chi connectivity index (χ4n) is 10.5. The third-order valence-corrected chi connectivity index (χ3v) is 14.5. The second-order valence-corrected chi connectivity index (χ2v) is 17.7. The SMILES string of the molecule is c1ccc(-c2c3ccccc3c(-c3cccc4c3sc3ccc(-c5c6ccccc6c(-c6ccc(-c7cccc8ccccc78)cc6)c6ccccc56)cc34)c3ccccc23)cc1. The molecule has 0 unspecified atom stereocenters. The summed E-state index contributed by atoms with van der Waals surface area (Å²) < 4.78 is 2.62. The maximum absolute atomic E-state index is 2.46. The minimum Gasteiger partial charge on any atom is -0.135 e. The number of benzene rings is 12. The van der Waals surface area contributed by atoms with Gasteiger partial charge in [-0.25, -0.2) is 0 Å². The van der Waals surface area contributed by atoms with E-state index >= 15 is 0 Å². The first-order valence-electron chi connectivity index (χ1n) is 21.8. The van der Waals surface area contributed by atoms with Crippen molar-refractivity contribution in [2.24, 2.45) is 0 Å². The maximum atomic E-state index is 2.46. The molecule has 63 heavy (non-hydrogen) atoms. The Labute approximate surface area is 369 Å². The van der Waals surface area contributed by atoms with Gasteiger partial charge in [0.1, 0.15) is 0 Å². The van der Waals surface area contributed by atoms with Crippen molar-refractivity contribution in [2.45, 2.75) is 0 Å². The molecule has 1 aromatic heterocycles. The molecule has 0 aliphatic rings. The minimum absolute atomic E-state index is 1.22. The summed E-state index contributed by atoms with van der Waals surface area (Å²) in [7, 11) is 0. The first-order chi connectivity index (χ1) is 31.3. The van der Waals surface area contributed by atoms with Crippen LogP contribution in [0, 0.1) is 0 Å². The summed E-state index contributed by atoms with van der Waals surface area (Å²) in [6, 6.07) is 85.4. The van der Waals surface area contributed by atoms with E-state index in [4.69, 9.17) is 0 Å². The molecule has 0 bridgehead atoms. The van der Waals surface area contributed by atoms with Gasteiger partial charge in [0.2, 0.25) is 0 Å². The molecule has 0 amide bonds. The molecule has 12 aromatic carbocycles. The minimum atomic E-state index is 1.22. The van der Waals surface area contributed by atoms with E-state index in [2.05, 4.69) is 231 Å². The van der Waals surface area contributed by atoms with E-state index in [1.165, 1.54) is 130 Å². The van der Waals surface area contributed by atoms with Gasteiger partial charge in [0, 0.05) is 25.7 Å². The first-order valence-corrected chi connectivity index (χ1v) is 22.6. The fraction of sp³-hybridized carbons (Fsp3) is 0. The monoisotopic (exact) mass is 814 g/mol. The van der Waals surface area contributed by atoms with E-state index < -0.39 is 0 Å². The van der Waals surface area contributed by atoms with Crippen LogP contribution in [0.1, 0.15) is 0 Å². The lowest BCUT2D eigenvalue weighted by Gasteiger charge is -2.18. The topological polar surface area (TPSA) is 0 Å². The second-order valence-electron chi connectivity index (χ2n) is 16.6. The molecule has 0 spiro atoms. The highest BCUT2D eigenvalue weighted by Gasteiger charge is 2.21. The Balaban J connectivity index is 0.996. The molecular formula is C62H38S. The molecule has 0 saturated carbocycles. The highest BCUT2D eigenvalue weighted by Crippen LogP contribution is 2.50. The van der Waals surface area contributed by atoms with E-state index in [9.17, 15) is 0 Å². The van der Waals surface area contributed by atoms with Crippen molar-refractivity contribution >= 4 is 85.4 Å². The molecule has 0 radical (unpaired) electrons. The summed E-state index contributed by atoms with van der Waals surface area (Å²) in [5.41, 5.74) is 12.6. The number of thiophene rings is 1. The van der Waals surface area contributed by atoms with E-state index in [0.717, 1.165) is 0 Å². The van der Waals surface area contributed by atoms with Gasteiger partial charge >= 0.3 is 0 Å². The molecule has 0 aliphatic carbocycles. The zero-order chi connectivity index (χ0) is 41.4. The Bertz CT molecular complexity index is 3830. The lowest BCUT2D eigenvalue weighted by Crippen LogP contribution is -1.91. The molecular weight excluding hydrogens is 777 g/mol. The molecule has 13 aromatic rings. The highest BCUT2D eigenvalue weighted by molar-refractivity contribution is 7.26. The van der Waals surface area contributed by atoms with Gasteiger partial charge in [-0.3, -0.25) is 0 Å². The Hall–Kier alpha value is -7.84. The standard InChI is InChI=1S/C62H38S/c1-2-17-41(18-3-1)58-50-25-10-12-27-52(50)61(53-28-13-11-26-51(53)58)55-31-15-30-54-56-38-43(36-37-57(56)63-62(54)55)60-48-23-8-6-21-46(48)59(47-22-7-9-24-49(47)60)42-34-32-40(33-35-42)45-29-14-19-39-16-4-5-20-44(39)45/h1-38H. The van der Waals surface area contributed by atoms with Crippen LogP contribution in [0.3, 0.4) is 0 Å². The van der Waals surface area contributed by atoms with Gasteiger partial charge in [-0.05, 0) is 116 Å². The largest absolute Gasteiger partial charge is 0.135 e. The van der Waals surface area contributed by atoms with Gasteiger partial charge in [-0.2, -0.15) is 0 Å². The van der Waals surface area contributed by atoms with Gasteiger partial charge in [0.05, 0.1) is 0 Å². The molecule has 0 atom stereocenters. The quantitative estimate of drug-likeness (QED) is 0.152. The Morgan fingerprint density at radius 3 is 1.21 bits per heavy atom. The summed E-state index contributed by atoms with van der Waals surface area (Å²) in [4.78, 5) is 0. The summed E-state index contributed by atoms with van der Waals surface area (Å²) in [6.45, 7) is 0. The van der Waals surface area contributed by atoms with Crippen molar-refractivity contribution in [1.82, 2.24) is 0 Å². The van der Waals surface area contributed by atoms with Crippen LogP contribution in [0.5, 0.6) is 0 Å². The first kappa shape index (κ1) is 35.9. The van der Waals surface area contributed by atoms with Gasteiger partial charge in [0.25, 0.3) is 0 Å². The fourth-order valence-corrected chi connectivity index (χ4v) is 11.7. The number of rotatable bonds is 5. The van der Waals surface area contributed by atoms with Crippen molar-refractivity contribution in [2.75, 3.05) is 0 Å². The van der Waals surface area contributed by atoms with Crippen molar-refractivity contribution < 1.29 is 0 Å². The lowest BCUT2D eigenvalue weighted by atomic mass is 9.85. The number of hydrogen-bond donors (Lipinski definition) is 0. The summed E-state index contributed by atoms with van der Waals surface area (Å²) in [6.07, 6.45) is 0. The van der Waals surface area contributed by atoms with Crippen molar-refractivity contribution in [1.29, 1.82) is 0 Å². The predicted molar refractivity (Wildman–Crippen MR) is 274 cm³/mol. The predicted octanol–water partition coefficient (Wildman–Crippen LogP) is 18.2. The molecule has 0 N–H and O–H groups in total. The van der Waals surface area contributed by atoms with E-state index in [1.807, 2.05) is 11.3 Å². The average molecular weight is 815 g/mol. The van der Waals surface area contributed by atoms with E-state index in [1.54, 1.807) is 0 Å². The molecule has 0 saturated heterocycles. The molecule has 1 heteroatoms. The van der Waals surface area contributed by atoms with Crippen LogP contribution in [0.25, 0.3) is 130 Å². The zero-order valence-corrected chi connectivity index (χ0v) is 35.2. The van der Waals surface area contributed by atoms with Crippen molar-refractivity contribution in [3.63, 3.8) is 0 Å². The molecule has 0 aliphatic heterocycles. The Morgan fingerprint density at radius 2 is 0.619 bits per heavy atom. The maximum Gasteiger partial charge on any atom is 0.0434 e. The number of hydrogen-bond acceptors (Lipinski definition) is 1. The summed E-state index contributed by atoms with van der Waals surface area (Å²) in [5.74, 6) is 0. The molecule has 292 valence electrons. The van der Waals surface area contributed by atoms with Crippen LogP contribution in [-0.4, -0.2) is 0 Å². The van der Waals surface area contributed by atoms with Gasteiger partial charge in [-0.15, -0.1) is 11.3 Å². The molecule has 0 nitrogen and oxygen atoms in total. The molecule has 1 heterocycles. The third-order valence-electron chi connectivity index (χ3n) is 13.3. The summed E-state index contributed by atoms with van der Waals surface area (Å²) >= 11 is 1.91. The van der Waals surface area contributed by atoms with Crippen LogP contribution in [-0.2, 0) is 0 Å². The second kappa shape index (κ2) is 14.4. The van der Waals surface area contributed by atoms with Crippen molar-refractivity contribution in [3.05, 3.63) is 231 Å². The third kappa shape index (κ3) is 5.60. The number of fused-ring (bicyclic) bond motifs is 8. The van der Waals surface area contributed by atoms with Gasteiger partial charge in [0.15, 0.2) is 0 Å². The Kier molecular flexibility index (Phi) is 8.19. The normalized spacial score (nSPS) is 11.8. The van der Waals surface area contributed by atoms with Crippen molar-refractivity contribution in [3.8, 4) is 55.6 Å². The molecule has 13 rings (SSSR count). The highest BCUT2D eigenvalue weighted by atomic mass is 32.1. The van der Waals surface area contributed by atoms with Crippen LogP contribution in [0.2, 0.25) is 0 Å². The van der Waals surface area contributed by atoms with Crippen LogP contribution < -0.4 is 0 Å². The van der Waals surface area contributed by atoms with Gasteiger partial charge in [-0.1, -0.05) is 218 Å². The zero-order valence-electron chi connectivity index (χ0n) is 34.3. The smallest absolute Gasteiger partial charge is 0.0434 e. The van der Waals surface area contributed by atoms with Crippen LogP contribution in [0.15, 0.2) is 231 Å². The van der Waals surface area contributed by atoms with Crippen LogP contribution >= 0.6 is 11.3 Å². The van der Waals surface area contributed by atoms with E-state index in [-0.39, 0.29) is 0 Å². The lowest BCUT2D eigenvalue weighted by molar-refractivity contribution is 1.63. The Morgan fingerprint density at radius 1 is 0.222 bits per heavy atom. The van der Waals surface area contributed by atoms with Crippen LogP contribution in [0.4, 0.5) is 0 Å². The molecule has 0 fully saturated rings. The van der Waals surface area contributed by atoms with Gasteiger partial charge < -0.3 is 0 Å². The summed E-state index contributed by atoms with van der Waals surface area (Å²) in [5, 5.41) is 15.3. The van der Waals surface area contributed by atoms with E-state index in [0.29, 0.717) is 0 Å². The average Bonchev–Trinajstić information content (AvgIpc) is 3.73.